The number of rotatable bonds is 2. The largest absolute Gasteiger partial charge is 0.218 e. The van der Waals surface area contributed by atoms with E-state index in [-0.39, 0.29) is 10.3 Å². The van der Waals surface area contributed by atoms with E-state index < -0.39 is 5.82 Å². The molecular formula is C9H5Cl2FN2S. The van der Waals surface area contributed by atoms with E-state index in [1.54, 1.807) is 11.3 Å². The zero-order chi connectivity index (χ0) is 10.8. The summed E-state index contributed by atoms with van der Waals surface area (Å²) in [5, 5.41) is 1.48. The number of thiophene rings is 1. The molecule has 0 saturated carbocycles. The van der Waals surface area contributed by atoms with Gasteiger partial charge in [0.05, 0.1) is 0 Å². The molecule has 15 heavy (non-hydrogen) atoms. The van der Waals surface area contributed by atoms with Crippen molar-refractivity contribution in [3.05, 3.63) is 44.3 Å². The van der Waals surface area contributed by atoms with Crippen molar-refractivity contribution in [1.82, 2.24) is 9.97 Å². The second-order valence-electron chi connectivity index (χ2n) is 2.79. The van der Waals surface area contributed by atoms with E-state index in [0.717, 1.165) is 4.88 Å². The van der Waals surface area contributed by atoms with E-state index in [0.29, 0.717) is 12.2 Å². The molecule has 2 aromatic heterocycles. The van der Waals surface area contributed by atoms with Crippen LogP contribution in [0.3, 0.4) is 0 Å². The third-order valence-corrected chi connectivity index (χ3v) is 3.11. The molecule has 0 saturated heterocycles. The zero-order valence-corrected chi connectivity index (χ0v) is 9.70. The topological polar surface area (TPSA) is 25.8 Å². The maximum absolute atomic E-state index is 13.0. The SMILES string of the molecule is Fc1c(Cl)nc(Cc2cccs2)nc1Cl. The maximum Gasteiger partial charge on any atom is 0.197 e. The lowest BCUT2D eigenvalue weighted by Crippen LogP contribution is -1.98. The highest BCUT2D eigenvalue weighted by molar-refractivity contribution is 7.09. The monoisotopic (exact) mass is 262 g/mol. The van der Waals surface area contributed by atoms with Crippen LogP contribution in [0, 0.1) is 5.82 Å². The van der Waals surface area contributed by atoms with Crippen LogP contribution in [0.15, 0.2) is 17.5 Å². The molecule has 2 heterocycles. The molecule has 0 N–H and O–H groups in total. The molecular weight excluding hydrogens is 258 g/mol. The number of aromatic nitrogens is 2. The average Bonchev–Trinajstić information content (AvgIpc) is 2.66. The molecule has 0 spiro atoms. The van der Waals surface area contributed by atoms with Crippen LogP contribution in [0.25, 0.3) is 0 Å². The van der Waals surface area contributed by atoms with Crippen LogP contribution in [0.4, 0.5) is 4.39 Å². The first kappa shape index (κ1) is 10.8. The van der Waals surface area contributed by atoms with Crippen molar-refractivity contribution in [2.24, 2.45) is 0 Å². The Kier molecular flexibility index (Phi) is 3.19. The first-order valence-electron chi connectivity index (χ1n) is 4.06. The van der Waals surface area contributed by atoms with Gasteiger partial charge in [-0.15, -0.1) is 11.3 Å². The third-order valence-electron chi connectivity index (χ3n) is 1.73. The van der Waals surface area contributed by atoms with Gasteiger partial charge in [-0.3, -0.25) is 0 Å². The van der Waals surface area contributed by atoms with Crippen LogP contribution in [-0.4, -0.2) is 9.97 Å². The average molecular weight is 263 g/mol. The molecule has 0 atom stereocenters. The smallest absolute Gasteiger partial charge is 0.197 e. The fraction of sp³-hybridized carbons (Fsp3) is 0.111. The van der Waals surface area contributed by atoms with Gasteiger partial charge in [0.2, 0.25) is 0 Å². The third kappa shape index (κ3) is 2.45. The van der Waals surface area contributed by atoms with Crippen molar-refractivity contribution in [1.29, 1.82) is 0 Å². The first-order chi connectivity index (χ1) is 7.16. The molecule has 0 radical (unpaired) electrons. The van der Waals surface area contributed by atoms with E-state index in [4.69, 9.17) is 23.2 Å². The molecule has 0 fully saturated rings. The molecule has 2 nitrogen and oxygen atoms in total. The Morgan fingerprint density at radius 2 is 1.93 bits per heavy atom. The van der Waals surface area contributed by atoms with Crippen LogP contribution in [0.1, 0.15) is 10.7 Å². The van der Waals surface area contributed by atoms with Crippen LogP contribution >= 0.6 is 34.5 Å². The minimum absolute atomic E-state index is 0.235. The molecule has 2 aromatic rings. The van der Waals surface area contributed by atoms with Crippen LogP contribution in [-0.2, 0) is 6.42 Å². The van der Waals surface area contributed by atoms with Gasteiger partial charge in [0.25, 0.3) is 0 Å². The van der Waals surface area contributed by atoms with Gasteiger partial charge in [0.1, 0.15) is 5.82 Å². The fourth-order valence-corrected chi connectivity index (χ4v) is 2.21. The summed E-state index contributed by atoms with van der Waals surface area (Å²) in [6, 6.07) is 3.87. The summed E-state index contributed by atoms with van der Waals surface area (Å²) in [5.41, 5.74) is 0. The fourth-order valence-electron chi connectivity index (χ4n) is 1.08. The number of hydrogen-bond acceptors (Lipinski definition) is 3. The van der Waals surface area contributed by atoms with Gasteiger partial charge in [-0.05, 0) is 11.4 Å². The summed E-state index contributed by atoms with van der Waals surface area (Å²) in [6.07, 6.45) is 0.511. The normalized spacial score (nSPS) is 10.6. The summed E-state index contributed by atoms with van der Waals surface area (Å²) in [4.78, 5) is 8.70. The highest BCUT2D eigenvalue weighted by atomic mass is 35.5. The Morgan fingerprint density at radius 1 is 1.27 bits per heavy atom. The van der Waals surface area contributed by atoms with Gasteiger partial charge in [0.15, 0.2) is 16.1 Å². The Bertz CT molecular complexity index is 450. The molecule has 6 heteroatoms. The quantitative estimate of drug-likeness (QED) is 0.774. The van der Waals surface area contributed by atoms with Crippen LogP contribution < -0.4 is 0 Å². The van der Waals surface area contributed by atoms with Crippen molar-refractivity contribution in [2.75, 3.05) is 0 Å². The minimum atomic E-state index is -0.770. The van der Waals surface area contributed by atoms with Gasteiger partial charge in [-0.2, -0.15) is 0 Å². The van der Waals surface area contributed by atoms with E-state index >= 15 is 0 Å². The lowest BCUT2D eigenvalue weighted by atomic mass is 10.3. The van der Waals surface area contributed by atoms with Crippen molar-refractivity contribution in [3.8, 4) is 0 Å². The Labute approximate surface area is 99.7 Å². The molecule has 0 aliphatic carbocycles. The standard InChI is InChI=1S/C9H5Cl2FN2S/c10-8-7(12)9(11)14-6(13-8)4-5-2-1-3-15-5/h1-3H,4H2. The predicted molar refractivity (Wildman–Crippen MR) is 59.1 cm³/mol. The van der Waals surface area contributed by atoms with Crippen molar-refractivity contribution < 1.29 is 4.39 Å². The van der Waals surface area contributed by atoms with Crippen molar-refractivity contribution in [2.45, 2.75) is 6.42 Å². The summed E-state index contributed by atoms with van der Waals surface area (Å²) >= 11 is 12.7. The molecule has 0 aromatic carbocycles. The molecule has 0 aliphatic rings. The summed E-state index contributed by atoms with van der Waals surface area (Å²) < 4.78 is 13.0. The van der Waals surface area contributed by atoms with Gasteiger partial charge >= 0.3 is 0 Å². The molecule has 0 bridgehead atoms. The molecule has 0 amide bonds. The Morgan fingerprint density at radius 3 is 2.47 bits per heavy atom. The van der Waals surface area contributed by atoms with Gasteiger partial charge in [0, 0.05) is 11.3 Å². The molecule has 0 aliphatic heterocycles. The highest BCUT2D eigenvalue weighted by Gasteiger charge is 2.11. The lowest BCUT2D eigenvalue weighted by molar-refractivity contribution is 0.611. The van der Waals surface area contributed by atoms with Gasteiger partial charge in [-0.25, -0.2) is 14.4 Å². The van der Waals surface area contributed by atoms with Gasteiger partial charge in [-0.1, -0.05) is 29.3 Å². The minimum Gasteiger partial charge on any atom is -0.218 e. The van der Waals surface area contributed by atoms with E-state index in [1.807, 2.05) is 17.5 Å². The molecule has 0 unspecified atom stereocenters. The van der Waals surface area contributed by atoms with E-state index in [2.05, 4.69) is 9.97 Å². The summed E-state index contributed by atoms with van der Waals surface area (Å²) in [6.45, 7) is 0. The first-order valence-corrected chi connectivity index (χ1v) is 5.70. The summed E-state index contributed by atoms with van der Waals surface area (Å²) in [7, 11) is 0. The number of nitrogens with zero attached hydrogens (tertiary/aromatic N) is 2. The Hall–Kier alpha value is -0.710. The predicted octanol–water partition coefficient (Wildman–Crippen LogP) is 3.57. The number of halogens is 3. The summed E-state index contributed by atoms with van der Waals surface area (Å²) in [5.74, 6) is -0.345. The highest BCUT2D eigenvalue weighted by Crippen LogP contribution is 2.20. The Balaban J connectivity index is 2.30. The van der Waals surface area contributed by atoms with Crippen LogP contribution in [0.2, 0.25) is 10.3 Å². The molecule has 2 rings (SSSR count). The molecule has 78 valence electrons. The second kappa shape index (κ2) is 4.43. The zero-order valence-electron chi connectivity index (χ0n) is 7.38. The maximum atomic E-state index is 13.0. The van der Waals surface area contributed by atoms with Crippen LogP contribution in [0.5, 0.6) is 0 Å². The second-order valence-corrected chi connectivity index (χ2v) is 4.54. The van der Waals surface area contributed by atoms with Crippen molar-refractivity contribution in [3.63, 3.8) is 0 Å². The number of hydrogen-bond donors (Lipinski definition) is 0. The van der Waals surface area contributed by atoms with Gasteiger partial charge < -0.3 is 0 Å². The van der Waals surface area contributed by atoms with E-state index in [1.165, 1.54) is 0 Å². The van der Waals surface area contributed by atoms with Crippen molar-refractivity contribution >= 4 is 34.5 Å². The van der Waals surface area contributed by atoms with E-state index in [9.17, 15) is 4.39 Å². The lowest BCUT2D eigenvalue weighted by Gasteiger charge is -2.00.